The minimum absolute atomic E-state index is 0.173. The van der Waals surface area contributed by atoms with Crippen molar-refractivity contribution in [3.8, 4) is 5.69 Å². The summed E-state index contributed by atoms with van der Waals surface area (Å²) in [5.41, 5.74) is 4.75. The fourth-order valence-corrected chi connectivity index (χ4v) is 3.27. The molecule has 0 spiro atoms. The third kappa shape index (κ3) is 3.79. The second kappa shape index (κ2) is 8.17. The van der Waals surface area contributed by atoms with E-state index in [1.165, 1.54) is 0 Å². The van der Waals surface area contributed by atoms with Crippen molar-refractivity contribution < 1.29 is 14.3 Å². The lowest BCUT2D eigenvalue weighted by Crippen LogP contribution is -2.27. The standard InChI is InChI=1S/C20H25N3O3/c1-3-13-26-18(24)11-12-21-20(25)19-15-8-6-10-17(15)23(22-19)16-9-5-4-7-14(16)2/h4-5,7,9H,3,6,8,10-13H2,1-2H3,(H,21,25). The second-order valence-corrected chi connectivity index (χ2v) is 6.55. The van der Waals surface area contributed by atoms with Gasteiger partial charge in [0, 0.05) is 17.8 Å². The molecule has 6 nitrogen and oxygen atoms in total. The quantitative estimate of drug-likeness (QED) is 0.775. The van der Waals surface area contributed by atoms with Gasteiger partial charge in [0.05, 0.1) is 18.7 Å². The Hall–Kier alpha value is -2.63. The maximum atomic E-state index is 12.6. The number of rotatable bonds is 7. The van der Waals surface area contributed by atoms with E-state index in [1.807, 2.05) is 42.8 Å². The highest BCUT2D eigenvalue weighted by Crippen LogP contribution is 2.28. The van der Waals surface area contributed by atoms with Gasteiger partial charge in [-0.25, -0.2) is 4.68 Å². The first-order valence-electron chi connectivity index (χ1n) is 9.22. The van der Waals surface area contributed by atoms with E-state index in [1.54, 1.807) is 0 Å². The van der Waals surface area contributed by atoms with Crippen molar-refractivity contribution >= 4 is 11.9 Å². The van der Waals surface area contributed by atoms with E-state index in [0.717, 1.165) is 48.2 Å². The average Bonchev–Trinajstić information content (AvgIpc) is 3.23. The summed E-state index contributed by atoms with van der Waals surface area (Å²) in [6, 6.07) is 8.03. The number of nitrogens with one attached hydrogen (secondary N) is 1. The monoisotopic (exact) mass is 355 g/mol. The largest absolute Gasteiger partial charge is 0.466 e. The third-order valence-corrected chi connectivity index (χ3v) is 4.57. The molecule has 138 valence electrons. The van der Waals surface area contributed by atoms with E-state index in [2.05, 4.69) is 10.4 Å². The second-order valence-electron chi connectivity index (χ2n) is 6.55. The molecule has 1 aromatic carbocycles. The van der Waals surface area contributed by atoms with Crippen LogP contribution in [0.4, 0.5) is 0 Å². The predicted octanol–water partition coefficient (Wildman–Crippen LogP) is 2.74. The summed E-state index contributed by atoms with van der Waals surface area (Å²) in [4.78, 5) is 24.1. The van der Waals surface area contributed by atoms with E-state index >= 15 is 0 Å². The molecular formula is C20H25N3O3. The van der Waals surface area contributed by atoms with Crippen molar-refractivity contribution in [2.75, 3.05) is 13.2 Å². The van der Waals surface area contributed by atoms with Crippen LogP contribution in [0.15, 0.2) is 24.3 Å². The number of fused-ring (bicyclic) bond motifs is 1. The van der Waals surface area contributed by atoms with Crippen LogP contribution in [0.1, 0.15) is 53.5 Å². The van der Waals surface area contributed by atoms with Crippen LogP contribution in [0.25, 0.3) is 5.69 Å². The molecule has 0 aliphatic heterocycles. The number of carbonyl (C=O) groups excluding carboxylic acids is 2. The average molecular weight is 355 g/mol. The van der Waals surface area contributed by atoms with Gasteiger partial charge in [-0.1, -0.05) is 25.1 Å². The molecule has 0 unspecified atom stereocenters. The van der Waals surface area contributed by atoms with Gasteiger partial charge in [-0.3, -0.25) is 9.59 Å². The van der Waals surface area contributed by atoms with Gasteiger partial charge in [-0.15, -0.1) is 0 Å². The lowest BCUT2D eigenvalue weighted by atomic mass is 10.2. The van der Waals surface area contributed by atoms with E-state index < -0.39 is 0 Å². The number of nitrogens with zero attached hydrogens (tertiary/aromatic N) is 2. The first kappa shape index (κ1) is 18.2. The topological polar surface area (TPSA) is 73.2 Å². The summed E-state index contributed by atoms with van der Waals surface area (Å²) in [6.07, 6.45) is 3.78. The minimum Gasteiger partial charge on any atom is -0.466 e. The van der Waals surface area contributed by atoms with Crippen molar-refractivity contribution in [2.24, 2.45) is 0 Å². The minimum atomic E-state index is -0.289. The van der Waals surface area contributed by atoms with Crippen LogP contribution in [0.2, 0.25) is 0 Å². The number of aromatic nitrogens is 2. The first-order valence-corrected chi connectivity index (χ1v) is 9.22. The Kier molecular flexibility index (Phi) is 5.71. The van der Waals surface area contributed by atoms with E-state index in [-0.39, 0.29) is 24.8 Å². The molecule has 3 rings (SSSR count). The molecular weight excluding hydrogens is 330 g/mol. The maximum absolute atomic E-state index is 12.6. The molecule has 6 heteroatoms. The Bertz CT molecular complexity index is 811. The van der Waals surface area contributed by atoms with E-state index in [0.29, 0.717) is 12.3 Å². The summed E-state index contributed by atoms with van der Waals surface area (Å²) in [5, 5.41) is 7.40. The lowest BCUT2D eigenvalue weighted by molar-refractivity contribution is -0.143. The number of hydrogen-bond donors (Lipinski definition) is 1. The highest BCUT2D eigenvalue weighted by Gasteiger charge is 2.27. The van der Waals surface area contributed by atoms with Crippen molar-refractivity contribution in [1.82, 2.24) is 15.1 Å². The van der Waals surface area contributed by atoms with Crippen LogP contribution in [-0.4, -0.2) is 34.8 Å². The number of esters is 1. The molecule has 1 heterocycles. The van der Waals surface area contributed by atoms with Gasteiger partial charge in [0.15, 0.2) is 5.69 Å². The highest BCUT2D eigenvalue weighted by molar-refractivity contribution is 5.94. The molecule has 0 saturated carbocycles. The zero-order valence-corrected chi connectivity index (χ0v) is 15.4. The Balaban J connectivity index is 1.73. The maximum Gasteiger partial charge on any atom is 0.307 e. The van der Waals surface area contributed by atoms with Gasteiger partial charge in [0.25, 0.3) is 5.91 Å². The van der Waals surface area contributed by atoms with Gasteiger partial charge in [-0.05, 0) is 44.2 Å². The zero-order valence-electron chi connectivity index (χ0n) is 15.4. The van der Waals surface area contributed by atoms with Crippen LogP contribution >= 0.6 is 0 Å². The molecule has 1 amide bonds. The zero-order chi connectivity index (χ0) is 18.5. The number of benzene rings is 1. The molecule has 26 heavy (non-hydrogen) atoms. The number of ether oxygens (including phenoxy) is 1. The molecule has 0 saturated heterocycles. The van der Waals surface area contributed by atoms with Crippen LogP contribution < -0.4 is 5.32 Å². The Morgan fingerprint density at radius 2 is 2.08 bits per heavy atom. The fourth-order valence-electron chi connectivity index (χ4n) is 3.27. The van der Waals surface area contributed by atoms with Crippen molar-refractivity contribution in [3.63, 3.8) is 0 Å². The number of hydrogen-bond acceptors (Lipinski definition) is 4. The number of aryl methyl sites for hydroxylation is 1. The van der Waals surface area contributed by atoms with Gasteiger partial charge >= 0.3 is 5.97 Å². The summed E-state index contributed by atoms with van der Waals surface area (Å²) in [7, 11) is 0. The molecule has 0 fully saturated rings. The molecule has 0 radical (unpaired) electrons. The number of para-hydroxylation sites is 1. The van der Waals surface area contributed by atoms with Crippen LogP contribution in [0, 0.1) is 6.92 Å². The van der Waals surface area contributed by atoms with Gasteiger partial charge in [0.1, 0.15) is 0 Å². The molecule has 1 aliphatic rings. The normalized spacial score (nSPS) is 12.7. The Morgan fingerprint density at radius 1 is 1.27 bits per heavy atom. The van der Waals surface area contributed by atoms with Gasteiger partial charge < -0.3 is 10.1 Å². The lowest BCUT2D eigenvalue weighted by Gasteiger charge is -2.08. The molecule has 1 aliphatic carbocycles. The summed E-state index contributed by atoms with van der Waals surface area (Å²) in [5.74, 6) is -0.512. The van der Waals surface area contributed by atoms with Crippen molar-refractivity contribution in [1.29, 1.82) is 0 Å². The van der Waals surface area contributed by atoms with Crippen molar-refractivity contribution in [2.45, 2.75) is 46.0 Å². The first-order chi connectivity index (χ1) is 12.6. The highest BCUT2D eigenvalue weighted by atomic mass is 16.5. The number of carbonyl (C=O) groups is 2. The van der Waals surface area contributed by atoms with E-state index in [4.69, 9.17) is 4.74 Å². The van der Waals surface area contributed by atoms with Crippen LogP contribution in [0.5, 0.6) is 0 Å². The van der Waals surface area contributed by atoms with Gasteiger partial charge in [0.2, 0.25) is 0 Å². The van der Waals surface area contributed by atoms with Crippen molar-refractivity contribution in [3.05, 3.63) is 46.8 Å². The third-order valence-electron chi connectivity index (χ3n) is 4.57. The summed E-state index contributed by atoms with van der Waals surface area (Å²) >= 11 is 0. The number of amides is 1. The Morgan fingerprint density at radius 3 is 2.85 bits per heavy atom. The SMILES string of the molecule is CCCOC(=O)CCNC(=O)c1nn(-c2ccccc2C)c2c1CCC2. The fraction of sp³-hybridized carbons (Fsp3) is 0.450. The van der Waals surface area contributed by atoms with Gasteiger partial charge in [-0.2, -0.15) is 5.10 Å². The smallest absolute Gasteiger partial charge is 0.307 e. The molecule has 0 bridgehead atoms. The van der Waals surface area contributed by atoms with Crippen LogP contribution in [0.3, 0.4) is 0 Å². The Labute approximate surface area is 153 Å². The molecule has 2 aromatic rings. The molecule has 1 aromatic heterocycles. The van der Waals surface area contributed by atoms with E-state index in [9.17, 15) is 9.59 Å². The van der Waals surface area contributed by atoms with Crippen LogP contribution in [-0.2, 0) is 22.4 Å². The molecule has 1 N–H and O–H groups in total. The summed E-state index contributed by atoms with van der Waals surface area (Å²) < 4.78 is 6.92. The summed E-state index contributed by atoms with van der Waals surface area (Å²) in [6.45, 7) is 4.66. The predicted molar refractivity (Wildman–Crippen MR) is 98.5 cm³/mol. The molecule has 0 atom stereocenters.